The summed E-state index contributed by atoms with van der Waals surface area (Å²) in [5.74, 6) is 0.167. The van der Waals surface area contributed by atoms with Crippen molar-refractivity contribution in [2.45, 2.75) is 53.0 Å². The van der Waals surface area contributed by atoms with E-state index in [2.05, 4.69) is 18.7 Å². The Morgan fingerprint density at radius 3 is 1.69 bits per heavy atom. The average molecular weight is 185 g/mol. The number of hydrogen-bond donors (Lipinski definition) is 0. The Kier molecular flexibility index (Phi) is 6.87. The summed E-state index contributed by atoms with van der Waals surface area (Å²) in [7, 11) is 0. The van der Waals surface area contributed by atoms with Crippen molar-refractivity contribution < 1.29 is 4.79 Å². The topological polar surface area (TPSA) is 20.3 Å². The summed E-state index contributed by atoms with van der Waals surface area (Å²) in [5.41, 5.74) is 0. The van der Waals surface area contributed by atoms with Gasteiger partial charge in [0.2, 0.25) is 0 Å². The van der Waals surface area contributed by atoms with E-state index >= 15 is 0 Å². The Bertz CT molecular complexity index is 133. The predicted molar refractivity (Wildman–Crippen MR) is 56.9 cm³/mol. The number of Topliss-reactive ketones (excluding diaryl/α,β-unsaturated/α-hetero) is 1. The molecule has 1 aliphatic rings. The number of piperidine rings is 1. The van der Waals surface area contributed by atoms with E-state index in [4.69, 9.17) is 0 Å². The van der Waals surface area contributed by atoms with Gasteiger partial charge >= 0.3 is 0 Å². The van der Waals surface area contributed by atoms with Gasteiger partial charge in [-0.2, -0.15) is 0 Å². The van der Waals surface area contributed by atoms with Crippen LogP contribution in [-0.4, -0.2) is 29.8 Å². The molecule has 1 aliphatic heterocycles. The molecule has 0 aromatic rings. The van der Waals surface area contributed by atoms with E-state index < -0.39 is 0 Å². The van der Waals surface area contributed by atoms with E-state index in [1.54, 1.807) is 0 Å². The molecular formula is C11H23NO. The van der Waals surface area contributed by atoms with Gasteiger partial charge in [0, 0.05) is 6.04 Å². The van der Waals surface area contributed by atoms with Gasteiger partial charge in [-0.3, -0.25) is 0 Å². The smallest absolute Gasteiger partial charge is 0.126 e. The van der Waals surface area contributed by atoms with Crippen molar-refractivity contribution in [1.29, 1.82) is 0 Å². The fraction of sp³-hybridized carbons (Fsp3) is 0.909. The largest absolute Gasteiger partial charge is 0.301 e. The highest BCUT2D eigenvalue weighted by molar-refractivity contribution is 5.72. The Morgan fingerprint density at radius 2 is 1.46 bits per heavy atom. The zero-order valence-electron chi connectivity index (χ0n) is 9.47. The summed E-state index contributed by atoms with van der Waals surface area (Å²) < 4.78 is 0. The first-order chi connectivity index (χ1) is 6.04. The molecule has 2 heteroatoms. The SMILES string of the molecule is CC(C)=O.CC(C)N1CCCCC1. The maximum atomic E-state index is 9.44. The van der Waals surface area contributed by atoms with Gasteiger partial charge in [0.25, 0.3) is 0 Å². The van der Waals surface area contributed by atoms with Crippen molar-refractivity contribution in [3.63, 3.8) is 0 Å². The van der Waals surface area contributed by atoms with Gasteiger partial charge < -0.3 is 9.69 Å². The lowest BCUT2D eigenvalue weighted by molar-refractivity contribution is -0.114. The highest BCUT2D eigenvalue weighted by Gasteiger charge is 2.11. The second-order valence-electron chi connectivity index (χ2n) is 4.10. The molecule has 0 saturated carbocycles. The van der Waals surface area contributed by atoms with Crippen LogP contribution in [0.5, 0.6) is 0 Å². The van der Waals surface area contributed by atoms with Crippen molar-refractivity contribution in [1.82, 2.24) is 4.90 Å². The van der Waals surface area contributed by atoms with Crippen LogP contribution in [0.2, 0.25) is 0 Å². The van der Waals surface area contributed by atoms with Crippen LogP contribution in [0, 0.1) is 0 Å². The third-order valence-electron chi connectivity index (χ3n) is 2.12. The maximum absolute atomic E-state index is 9.44. The lowest BCUT2D eigenvalue weighted by atomic mass is 10.1. The van der Waals surface area contributed by atoms with Gasteiger partial charge in [-0.25, -0.2) is 0 Å². The summed E-state index contributed by atoms with van der Waals surface area (Å²) in [6.45, 7) is 10.3. The van der Waals surface area contributed by atoms with Gasteiger partial charge in [-0.15, -0.1) is 0 Å². The number of likely N-dealkylation sites (tertiary alicyclic amines) is 1. The van der Waals surface area contributed by atoms with Crippen LogP contribution in [0.4, 0.5) is 0 Å². The van der Waals surface area contributed by atoms with E-state index in [1.165, 1.54) is 46.2 Å². The first-order valence-corrected chi connectivity index (χ1v) is 5.25. The van der Waals surface area contributed by atoms with Crippen LogP contribution in [-0.2, 0) is 4.79 Å². The van der Waals surface area contributed by atoms with E-state index in [0.717, 1.165) is 6.04 Å². The number of carbonyl (C=O) groups excluding carboxylic acids is 1. The molecule has 0 atom stereocenters. The normalized spacial score (nSPS) is 17.9. The molecule has 1 fully saturated rings. The molecule has 1 heterocycles. The number of nitrogens with zero attached hydrogens (tertiary/aromatic N) is 1. The van der Waals surface area contributed by atoms with Crippen LogP contribution in [0.15, 0.2) is 0 Å². The van der Waals surface area contributed by atoms with Crippen LogP contribution >= 0.6 is 0 Å². The van der Waals surface area contributed by atoms with Crippen LogP contribution in [0.3, 0.4) is 0 Å². The minimum atomic E-state index is 0.167. The molecule has 0 radical (unpaired) electrons. The van der Waals surface area contributed by atoms with Gasteiger partial charge in [-0.05, 0) is 53.6 Å². The quantitative estimate of drug-likeness (QED) is 0.625. The van der Waals surface area contributed by atoms with Gasteiger partial charge in [0.05, 0.1) is 0 Å². The second-order valence-corrected chi connectivity index (χ2v) is 4.10. The van der Waals surface area contributed by atoms with Crippen molar-refractivity contribution in [2.24, 2.45) is 0 Å². The molecule has 1 saturated heterocycles. The lowest BCUT2D eigenvalue weighted by Gasteiger charge is -2.29. The standard InChI is InChI=1S/C8H17N.C3H6O/c1-8(2)9-6-4-3-5-7-9;1-3(2)4/h8H,3-7H2,1-2H3;1-2H3. The first-order valence-electron chi connectivity index (χ1n) is 5.25. The molecule has 0 aromatic carbocycles. The number of rotatable bonds is 1. The minimum Gasteiger partial charge on any atom is -0.301 e. The molecule has 0 aliphatic carbocycles. The van der Waals surface area contributed by atoms with E-state index in [-0.39, 0.29) is 5.78 Å². The zero-order valence-corrected chi connectivity index (χ0v) is 9.47. The number of ketones is 1. The van der Waals surface area contributed by atoms with Crippen molar-refractivity contribution in [2.75, 3.05) is 13.1 Å². The number of carbonyl (C=O) groups is 1. The summed E-state index contributed by atoms with van der Waals surface area (Å²) in [4.78, 5) is 12.0. The van der Waals surface area contributed by atoms with Crippen LogP contribution in [0.25, 0.3) is 0 Å². The Labute approximate surface area is 82.3 Å². The molecule has 13 heavy (non-hydrogen) atoms. The molecule has 0 amide bonds. The third-order valence-corrected chi connectivity index (χ3v) is 2.12. The van der Waals surface area contributed by atoms with Crippen LogP contribution in [0.1, 0.15) is 47.0 Å². The molecular weight excluding hydrogens is 162 g/mol. The molecule has 0 spiro atoms. The third kappa shape index (κ3) is 7.97. The van der Waals surface area contributed by atoms with Gasteiger partial charge in [-0.1, -0.05) is 6.42 Å². The Hall–Kier alpha value is -0.370. The molecule has 0 aromatic heterocycles. The molecule has 0 unspecified atom stereocenters. The summed E-state index contributed by atoms with van der Waals surface area (Å²) in [5, 5.41) is 0. The van der Waals surface area contributed by atoms with E-state index in [1.807, 2.05) is 0 Å². The van der Waals surface area contributed by atoms with E-state index in [9.17, 15) is 4.79 Å². The lowest BCUT2D eigenvalue weighted by Crippen LogP contribution is -2.35. The fourth-order valence-electron chi connectivity index (χ4n) is 1.43. The minimum absolute atomic E-state index is 0.167. The van der Waals surface area contributed by atoms with Crippen LogP contribution < -0.4 is 0 Å². The second kappa shape index (κ2) is 7.07. The monoisotopic (exact) mass is 185 g/mol. The van der Waals surface area contributed by atoms with E-state index in [0.29, 0.717) is 0 Å². The highest BCUT2D eigenvalue weighted by atomic mass is 16.1. The molecule has 0 bridgehead atoms. The molecule has 2 nitrogen and oxygen atoms in total. The summed E-state index contributed by atoms with van der Waals surface area (Å²) in [6, 6.07) is 0.769. The molecule has 1 rings (SSSR count). The van der Waals surface area contributed by atoms with Crippen molar-refractivity contribution in [3.8, 4) is 0 Å². The Balaban J connectivity index is 0.000000310. The molecule has 0 N–H and O–H groups in total. The van der Waals surface area contributed by atoms with Crippen molar-refractivity contribution in [3.05, 3.63) is 0 Å². The fourth-order valence-corrected chi connectivity index (χ4v) is 1.43. The Morgan fingerprint density at radius 1 is 1.08 bits per heavy atom. The predicted octanol–water partition coefficient (Wildman–Crippen LogP) is 2.48. The van der Waals surface area contributed by atoms with Gasteiger partial charge in [0.15, 0.2) is 0 Å². The first kappa shape index (κ1) is 12.6. The summed E-state index contributed by atoms with van der Waals surface area (Å²) >= 11 is 0. The van der Waals surface area contributed by atoms with Crippen molar-refractivity contribution >= 4 is 5.78 Å². The zero-order chi connectivity index (χ0) is 10.3. The van der Waals surface area contributed by atoms with Gasteiger partial charge in [0.1, 0.15) is 5.78 Å². The maximum Gasteiger partial charge on any atom is 0.126 e. The highest BCUT2D eigenvalue weighted by Crippen LogP contribution is 2.10. The molecule has 78 valence electrons. The average Bonchev–Trinajstić information content (AvgIpc) is 2.05. The number of hydrogen-bond acceptors (Lipinski definition) is 2. The summed E-state index contributed by atoms with van der Waals surface area (Å²) in [6.07, 6.45) is 4.28.